The first kappa shape index (κ1) is 27.0. The normalized spacial score (nSPS) is 28.5. The number of nitrogens with zero attached hydrogens (tertiary/aromatic N) is 7. The summed E-state index contributed by atoms with van der Waals surface area (Å²) in [7, 11) is -3.30. The van der Waals surface area contributed by atoms with Gasteiger partial charge in [0, 0.05) is 37.5 Å². The highest BCUT2D eigenvalue weighted by molar-refractivity contribution is 7.91. The predicted octanol–water partition coefficient (Wildman–Crippen LogP) is 3.33. The molecule has 7 heterocycles. The first-order valence-electron chi connectivity index (χ1n) is 14.1. The van der Waals surface area contributed by atoms with Crippen LogP contribution in [0.4, 0.5) is 24.7 Å². The highest BCUT2D eigenvalue weighted by atomic mass is 32.2. The Kier molecular flexibility index (Phi) is 6.47. The molecule has 7 rings (SSSR count). The second kappa shape index (κ2) is 9.83. The number of aromatic nitrogens is 5. The zero-order chi connectivity index (χ0) is 28.5. The van der Waals surface area contributed by atoms with Gasteiger partial charge in [0.2, 0.25) is 0 Å². The van der Waals surface area contributed by atoms with Gasteiger partial charge in [0.05, 0.1) is 47.9 Å². The van der Waals surface area contributed by atoms with Crippen LogP contribution < -0.4 is 9.80 Å². The van der Waals surface area contributed by atoms with Gasteiger partial charge >= 0.3 is 6.18 Å². The maximum absolute atomic E-state index is 14.6. The van der Waals surface area contributed by atoms with E-state index in [9.17, 15) is 21.6 Å². The lowest BCUT2D eigenvalue weighted by Gasteiger charge is -2.38. The minimum atomic E-state index is -4.78. The third kappa shape index (κ3) is 4.75. The number of ether oxygens (including phenoxy) is 2. The fraction of sp³-hybridized carbons (Fsp3) is 0.654. The molecule has 41 heavy (non-hydrogen) atoms. The molecule has 4 fully saturated rings. The summed E-state index contributed by atoms with van der Waals surface area (Å²) in [6.07, 6.45) is 1.11. The first-order valence-corrected chi connectivity index (χ1v) is 15.9. The van der Waals surface area contributed by atoms with Crippen LogP contribution in [-0.4, -0.2) is 89.0 Å². The Bertz CT molecular complexity index is 1550. The summed E-state index contributed by atoms with van der Waals surface area (Å²) in [5.41, 5.74) is -0.756. The van der Waals surface area contributed by atoms with E-state index in [2.05, 4.69) is 15.1 Å². The number of hydrogen-bond donors (Lipinski definition) is 0. The summed E-state index contributed by atoms with van der Waals surface area (Å²) in [5.74, 6) is 0.458. The van der Waals surface area contributed by atoms with Crippen molar-refractivity contribution in [2.45, 2.75) is 69.6 Å². The molecule has 0 aliphatic carbocycles. The van der Waals surface area contributed by atoms with Gasteiger partial charge in [0.25, 0.3) is 0 Å². The van der Waals surface area contributed by atoms with Crippen LogP contribution in [0.2, 0.25) is 0 Å². The van der Waals surface area contributed by atoms with Gasteiger partial charge in [-0.1, -0.05) is 0 Å². The topological polar surface area (TPSA) is 108 Å². The molecule has 4 aliphatic heterocycles. The molecule has 0 aromatic carbocycles. The van der Waals surface area contributed by atoms with Crippen molar-refractivity contribution < 1.29 is 31.1 Å². The number of alkyl halides is 3. The molecule has 2 bridgehead atoms. The molecular formula is C26H32F3N7O4S. The number of fused-ring (bicyclic) bond motifs is 3. The van der Waals surface area contributed by atoms with E-state index < -0.39 is 27.7 Å². The third-order valence-electron chi connectivity index (χ3n) is 8.62. The monoisotopic (exact) mass is 595 g/mol. The fourth-order valence-corrected chi connectivity index (χ4v) is 8.25. The zero-order valence-electron chi connectivity index (χ0n) is 22.6. The first-order chi connectivity index (χ1) is 19.6. The smallest absolute Gasteiger partial charge is 0.377 e. The number of halogens is 3. The summed E-state index contributed by atoms with van der Waals surface area (Å²) in [6, 6.07) is 2.90. The number of anilines is 2. The van der Waals surface area contributed by atoms with Crippen LogP contribution in [0, 0.1) is 0 Å². The fourth-order valence-electron chi connectivity index (χ4n) is 6.69. The van der Waals surface area contributed by atoms with E-state index in [0.717, 1.165) is 36.8 Å². The highest BCUT2D eigenvalue weighted by Gasteiger charge is 2.43. The maximum Gasteiger partial charge on any atom is 0.435 e. The van der Waals surface area contributed by atoms with E-state index in [1.165, 1.54) is 0 Å². The van der Waals surface area contributed by atoms with Crippen molar-refractivity contribution in [2.24, 2.45) is 0 Å². The lowest BCUT2D eigenvalue weighted by atomic mass is 10.1. The second-order valence-corrected chi connectivity index (χ2v) is 13.6. The van der Waals surface area contributed by atoms with Crippen LogP contribution in [0.15, 0.2) is 18.3 Å². The molecule has 4 aliphatic rings. The Hall–Kier alpha value is -2.91. The van der Waals surface area contributed by atoms with Gasteiger partial charge in [-0.15, -0.1) is 0 Å². The molecule has 0 radical (unpaired) electrons. The van der Waals surface area contributed by atoms with Crippen molar-refractivity contribution in [1.29, 1.82) is 0 Å². The van der Waals surface area contributed by atoms with Crippen LogP contribution >= 0.6 is 0 Å². The standard InChI is InChI=1S/C26H32F3N7O4S/c1-16-15-41(37,38)11-9-33(16)19-12-21(35-17-5-6-18(35)14-39-13-17)30-25-23(19)24(26(27,28)29)32-36(25)20-7-8-34(31-20)22-4-2-3-10-40-22/h7-8,12,16-18,22H,2-6,9-11,13-15H2,1H3. The largest absolute Gasteiger partial charge is 0.435 e. The van der Waals surface area contributed by atoms with E-state index in [-0.39, 0.29) is 58.9 Å². The Balaban J connectivity index is 1.43. The van der Waals surface area contributed by atoms with Crippen LogP contribution in [0.25, 0.3) is 16.9 Å². The molecule has 0 N–H and O–H groups in total. The van der Waals surface area contributed by atoms with Crippen LogP contribution in [-0.2, 0) is 25.5 Å². The third-order valence-corrected chi connectivity index (χ3v) is 10.4. The van der Waals surface area contributed by atoms with Crippen molar-refractivity contribution in [3.8, 4) is 5.82 Å². The van der Waals surface area contributed by atoms with Crippen LogP contribution in [0.3, 0.4) is 0 Å². The van der Waals surface area contributed by atoms with Gasteiger partial charge in [-0.25, -0.2) is 18.1 Å². The quantitative estimate of drug-likeness (QED) is 0.449. The lowest BCUT2D eigenvalue weighted by Crippen LogP contribution is -2.48. The van der Waals surface area contributed by atoms with E-state index in [4.69, 9.17) is 14.5 Å². The minimum Gasteiger partial charge on any atom is -0.377 e. The SMILES string of the molecule is CC1CS(=O)(=O)CCN1c1cc(N2C3CCC2COC3)nc2c1c(C(F)(F)F)nn2-c1ccn(C2CCCCO2)n1. The molecule has 0 spiro atoms. The molecule has 0 saturated carbocycles. The molecule has 11 nitrogen and oxygen atoms in total. The summed E-state index contributed by atoms with van der Waals surface area (Å²) < 4.78 is 82.9. The molecule has 3 aromatic rings. The highest BCUT2D eigenvalue weighted by Crippen LogP contribution is 2.43. The second-order valence-electron chi connectivity index (χ2n) is 11.4. The van der Waals surface area contributed by atoms with Crippen molar-refractivity contribution in [3.63, 3.8) is 0 Å². The Morgan fingerprint density at radius 3 is 2.51 bits per heavy atom. The Morgan fingerprint density at radius 1 is 1.05 bits per heavy atom. The average Bonchev–Trinajstić information content (AvgIpc) is 3.62. The number of sulfone groups is 1. The molecule has 0 amide bonds. The number of rotatable bonds is 4. The molecular weight excluding hydrogens is 563 g/mol. The molecule has 3 aromatic heterocycles. The molecule has 4 saturated heterocycles. The average molecular weight is 596 g/mol. The van der Waals surface area contributed by atoms with Crippen LogP contribution in [0.1, 0.15) is 50.9 Å². The van der Waals surface area contributed by atoms with E-state index in [1.54, 1.807) is 34.8 Å². The summed E-state index contributed by atoms with van der Waals surface area (Å²) in [6.45, 7) is 3.44. The lowest BCUT2D eigenvalue weighted by molar-refractivity contribution is -0.140. The van der Waals surface area contributed by atoms with Gasteiger partial charge < -0.3 is 19.3 Å². The maximum atomic E-state index is 14.6. The number of morpholine rings is 1. The van der Waals surface area contributed by atoms with Crippen molar-refractivity contribution in [1.82, 2.24) is 24.5 Å². The molecule has 4 atom stereocenters. The Labute approximate surface area is 235 Å². The number of hydrogen-bond acceptors (Lipinski definition) is 9. The summed E-state index contributed by atoms with van der Waals surface area (Å²) in [5, 5.41) is 8.48. The van der Waals surface area contributed by atoms with Crippen molar-refractivity contribution in [2.75, 3.05) is 47.7 Å². The Morgan fingerprint density at radius 2 is 1.83 bits per heavy atom. The number of pyridine rings is 1. The molecule has 15 heteroatoms. The molecule has 4 unspecified atom stereocenters. The van der Waals surface area contributed by atoms with E-state index >= 15 is 0 Å². The van der Waals surface area contributed by atoms with Gasteiger partial charge in [0.1, 0.15) is 12.0 Å². The molecule has 222 valence electrons. The van der Waals surface area contributed by atoms with E-state index in [0.29, 0.717) is 25.6 Å². The van der Waals surface area contributed by atoms with Gasteiger partial charge in [-0.3, -0.25) is 0 Å². The van der Waals surface area contributed by atoms with Gasteiger partial charge in [-0.2, -0.15) is 28.1 Å². The zero-order valence-corrected chi connectivity index (χ0v) is 23.4. The summed E-state index contributed by atoms with van der Waals surface area (Å²) >= 11 is 0. The predicted molar refractivity (Wildman–Crippen MR) is 144 cm³/mol. The van der Waals surface area contributed by atoms with E-state index in [1.807, 2.05) is 0 Å². The van der Waals surface area contributed by atoms with Crippen molar-refractivity contribution >= 4 is 32.4 Å². The minimum absolute atomic E-state index is 0.0335. The van der Waals surface area contributed by atoms with Gasteiger partial charge in [-0.05, 0) is 39.0 Å². The summed E-state index contributed by atoms with van der Waals surface area (Å²) in [4.78, 5) is 8.73. The van der Waals surface area contributed by atoms with Crippen LogP contribution in [0.5, 0.6) is 0 Å². The van der Waals surface area contributed by atoms with Gasteiger partial charge in [0.15, 0.2) is 27.0 Å². The van der Waals surface area contributed by atoms with Crippen molar-refractivity contribution in [3.05, 3.63) is 24.0 Å².